The molecule has 0 radical (unpaired) electrons. The van der Waals surface area contributed by atoms with Gasteiger partial charge >= 0.3 is 12.0 Å². The first-order valence-corrected chi connectivity index (χ1v) is 7.32. The SMILES string of the molecule is CCC(CNC(=O)NCC(C)(C)SC)CC(=O)O. The lowest BCUT2D eigenvalue weighted by molar-refractivity contribution is -0.138. The number of rotatable bonds is 8. The lowest BCUT2D eigenvalue weighted by Gasteiger charge is -2.22. The molecule has 0 saturated heterocycles. The molecule has 0 rings (SSSR count). The summed E-state index contributed by atoms with van der Waals surface area (Å²) >= 11 is 1.69. The Morgan fingerprint density at radius 3 is 2.39 bits per heavy atom. The molecule has 1 unspecified atom stereocenters. The molecule has 0 aromatic heterocycles. The summed E-state index contributed by atoms with van der Waals surface area (Å²) in [6.45, 7) is 7.00. The molecule has 18 heavy (non-hydrogen) atoms. The third-order valence-electron chi connectivity index (χ3n) is 2.82. The fourth-order valence-corrected chi connectivity index (χ4v) is 1.49. The van der Waals surface area contributed by atoms with E-state index in [-0.39, 0.29) is 23.1 Å². The smallest absolute Gasteiger partial charge is 0.314 e. The van der Waals surface area contributed by atoms with E-state index in [2.05, 4.69) is 24.5 Å². The third kappa shape index (κ3) is 8.22. The summed E-state index contributed by atoms with van der Waals surface area (Å²) in [6, 6.07) is -0.235. The predicted octanol–water partition coefficient (Wildman–Crippen LogP) is 1.93. The summed E-state index contributed by atoms with van der Waals surface area (Å²) in [5, 5.41) is 14.2. The van der Waals surface area contributed by atoms with Gasteiger partial charge in [0.1, 0.15) is 0 Å². The zero-order valence-corrected chi connectivity index (χ0v) is 12.4. The van der Waals surface area contributed by atoms with E-state index < -0.39 is 5.97 Å². The normalized spacial score (nSPS) is 12.9. The van der Waals surface area contributed by atoms with Crippen molar-refractivity contribution in [1.82, 2.24) is 10.6 Å². The van der Waals surface area contributed by atoms with Crippen LogP contribution in [0.3, 0.4) is 0 Å². The van der Waals surface area contributed by atoms with Crippen LogP contribution in [-0.2, 0) is 4.79 Å². The van der Waals surface area contributed by atoms with Gasteiger partial charge in [-0.25, -0.2) is 4.79 Å². The molecule has 0 saturated carbocycles. The highest BCUT2D eigenvalue weighted by molar-refractivity contribution is 7.99. The molecular formula is C12H24N2O3S. The molecule has 6 heteroatoms. The predicted molar refractivity (Wildman–Crippen MR) is 75.0 cm³/mol. The van der Waals surface area contributed by atoms with Gasteiger partial charge in [0.25, 0.3) is 0 Å². The maximum Gasteiger partial charge on any atom is 0.314 e. The second-order valence-electron chi connectivity index (χ2n) is 4.90. The Kier molecular flexibility index (Phi) is 7.82. The van der Waals surface area contributed by atoms with E-state index in [1.807, 2.05) is 13.2 Å². The van der Waals surface area contributed by atoms with Crippen molar-refractivity contribution in [3.05, 3.63) is 0 Å². The molecule has 0 aliphatic rings. The third-order valence-corrected chi connectivity index (χ3v) is 4.07. The standard InChI is InChI=1S/C12H24N2O3S/c1-5-9(6-10(15)16)7-13-11(17)14-8-12(2,3)18-4/h9H,5-8H2,1-4H3,(H,15,16)(H2,13,14,17). The van der Waals surface area contributed by atoms with E-state index in [9.17, 15) is 9.59 Å². The van der Waals surface area contributed by atoms with Gasteiger partial charge in [-0.15, -0.1) is 0 Å². The highest BCUT2D eigenvalue weighted by Crippen LogP contribution is 2.19. The minimum absolute atomic E-state index is 0.00254. The Morgan fingerprint density at radius 2 is 1.94 bits per heavy atom. The van der Waals surface area contributed by atoms with Crippen LogP contribution in [0, 0.1) is 5.92 Å². The van der Waals surface area contributed by atoms with Gasteiger partial charge in [0.2, 0.25) is 0 Å². The number of urea groups is 1. The highest BCUT2D eigenvalue weighted by atomic mass is 32.2. The number of carbonyl (C=O) groups is 2. The summed E-state index contributed by atoms with van der Waals surface area (Å²) in [7, 11) is 0. The molecule has 106 valence electrons. The largest absolute Gasteiger partial charge is 0.481 e. The molecule has 3 N–H and O–H groups in total. The number of carboxylic acid groups (broad SMARTS) is 1. The van der Waals surface area contributed by atoms with Gasteiger partial charge in [-0.05, 0) is 26.0 Å². The highest BCUT2D eigenvalue weighted by Gasteiger charge is 2.17. The Bertz CT molecular complexity index is 282. The molecule has 0 heterocycles. The van der Waals surface area contributed by atoms with Crippen LogP contribution in [0.25, 0.3) is 0 Å². The van der Waals surface area contributed by atoms with Crippen LogP contribution in [0.15, 0.2) is 0 Å². The van der Waals surface area contributed by atoms with E-state index in [0.29, 0.717) is 13.1 Å². The molecule has 5 nitrogen and oxygen atoms in total. The second kappa shape index (κ2) is 8.24. The summed E-state index contributed by atoms with van der Waals surface area (Å²) in [6.07, 6.45) is 2.83. The number of amides is 2. The fourth-order valence-electron chi connectivity index (χ4n) is 1.27. The van der Waals surface area contributed by atoms with Crippen molar-refractivity contribution in [1.29, 1.82) is 0 Å². The molecule has 0 aliphatic carbocycles. The lowest BCUT2D eigenvalue weighted by atomic mass is 10.0. The van der Waals surface area contributed by atoms with E-state index in [0.717, 1.165) is 6.42 Å². The molecule has 0 aromatic carbocycles. The van der Waals surface area contributed by atoms with Gasteiger partial charge in [0, 0.05) is 24.3 Å². The van der Waals surface area contributed by atoms with Gasteiger partial charge in [-0.3, -0.25) is 4.79 Å². The Labute approximate surface area is 113 Å². The number of nitrogens with one attached hydrogen (secondary N) is 2. The van der Waals surface area contributed by atoms with Crippen LogP contribution >= 0.6 is 11.8 Å². The van der Waals surface area contributed by atoms with Crippen molar-refractivity contribution in [3.63, 3.8) is 0 Å². The van der Waals surface area contributed by atoms with Crippen LogP contribution in [0.2, 0.25) is 0 Å². The Hall–Kier alpha value is -0.910. The Balaban J connectivity index is 3.91. The average Bonchev–Trinajstić information content (AvgIpc) is 2.31. The first-order valence-electron chi connectivity index (χ1n) is 6.09. The first kappa shape index (κ1) is 17.1. The first-order chi connectivity index (χ1) is 8.30. The molecule has 0 aromatic rings. The topological polar surface area (TPSA) is 78.4 Å². The molecule has 0 bridgehead atoms. The van der Waals surface area contributed by atoms with Gasteiger partial charge in [-0.1, -0.05) is 13.3 Å². The minimum Gasteiger partial charge on any atom is -0.481 e. The molecule has 2 amide bonds. The van der Waals surface area contributed by atoms with Crippen molar-refractivity contribution >= 4 is 23.8 Å². The van der Waals surface area contributed by atoms with E-state index >= 15 is 0 Å². The fraction of sp³-hybridized carbons (Fsp3) is 0.833. The quantitative estimate of drug-likeness (QED) is 0.633. The van der Waals surface area contributed by atoms with Crippen molar-refractivity contribution in [2.24, 2.45) is 5.92 Å². The van der Waals surface area contributed by atoms with Crippen LogP contribution in [0.5, 0.6) is 0 Å². The summed E-state index contributed by atoms with van der Waals surface area (Å²) < 4.78 is 0.00254. The van der Waals surface area contributed by atoms with Crippen molar-refractivity contribution in [2.75, 3.05) is 19.3 Å². The maximum atomic E-state index is 11.5. The number of aliphatic carboxylic acids is 1. The molecular weight excluding hydrogens is 252 g/mol. The molecule has 1 atom stereocenters. The molecule has 0 fully saturated rings. The summed E-state index contributed by atoms with van der Waals surface area (Å²) in [4.78, 5) is 22.1. The van der Waals surface area contributed by atoms with Crippen molar-refractivity contribution < 1.29 is 14.7 Å². The summed E-state index contributed by atoms with van der Waals surface area (Å²) in [5.74, 6) is -0.839. The molecule has 0 spiro atoms. The number of hydrogen-bond donors (Lipinski definition) is 3. The Morgan fingerprint density at radius 1 is 1.33 bits per heavy atom. The van der Waals surface area contributed by atoms with Crippen LogP contribution in [0.4, 0.5) is 4.79 Å². The summed E-state index contributed by atoms with van der Waals surface area (Å²) in [5.41, 5.74) is 0. The van der Waals surface area contributed by atoms with Crippen molar-refractivity contribution in [3.8, 4) is 0 Å². The molecule has 0 aliphatic heterocycles. The zero-order chi connectivity index (χ0) is 14.2. The van der Waals surface area contributed by atoms with E-state index in [4.69, 9.17) is 5.11 Å². The van der Waals surface area contributed by atoms with Crippen molar-refractivity contribution in [2.45, 2.75) is 38.4 Å². The van der Waals surface area contributed by atoms with Crippen LogP contribution in [-0.4, -0.2) is 41.2 Å². The number of hydrogen-bond acceptors (Lipinski definition) is 3. The van der Waals surface area contributed by atoms with E-state index in [1.54, 1.807) is 11.8 Å². The van der Waals surface area contributed by atoms with Gasteiger partial charge in [0.05, 0.1) is 0 Å². The average molecular weight is 276 g/mol. The van der Waals surface area contributed by atoms with Gasteiger partial charge in [0.15, 0.2) is 0 Å². The van der Waals surface area contributed by atoms with Crippen LogP contribution in [0.1, 0.15) is 33.6 Å². The number of carbonyl (C=O) groups excluding carboxylic acids is 1. The second-order valence-corrected chi connectivity index (χ2v) is 6.41. The minimum atomic E-state index is -0.826. The zero-order valence-electron chi connectivity index (χ0n) is 11.6. The van der Waals surface area contributed by atoms with Gasteiger partial charge < -0.3 is 15.7 Å². The monoisotopic (exact) mass is 276 g/mol. The lowest BCUT2D eigenvalue weighted by Crippen LogP contribution is -2.43. The van der Waals surface area contributed by atoms with Gasteiger partial charge in [-0.2, -0.15) is 11.8 Å². The van der Waals surface area contributed by atoms with E-state index in [1.165, 1.54) is 0 Å². The number of thioether (sulfide) groups is 1. The maximum absolute atomic E-state index is 11.5. The number of carboxylic acids is 1. The van der Waals surface area contributed by atoms with Crippen LogP contribution < -0.4 is 10.6 Å².